The molecule has 1 N–H and O–H groups in total. The first-order chi connectivity index (χ1) is 17.2. The summed E-state index contributed by atoms with van der Waals surface area (Å²) in [6, 6.07) is 19.8. The molecule has 1 heterocycles. The second kappa shape index (κ2) is 11.4. The number of carboxylic acid groups (broad SMARTS) is 1. The summed E-state index contributed by atoms with van der Waals surface area (Å²) in [5, 5.41) is 9.88. The monoisotopic (exact) mass is 528 g/mol. The van der Waals surface area contributed by atoms with Gasteiger partial charge in [-0.25, -0.2) is 8.42 Å². The SMILES string of the molecule is Cc1cccc(S(=O)(=O)N2CCN(Cc3cc(CC(=O)O)ccc3OCc3ccc(Cl)cc3)CC2)c1. The fourth-order valence-corrected chi connectivity index (χ4v) is 5.87. The first kappa shape index (κ1) is 26.2. The second-order valence-electron chi connectivity index (χ2n) is 8.92. The van der Waals surface area contributed by atoms with Crippen LogP contribution in [-0.4, -0.2) is 54.9 Å². The number of hydrogen-bond acceptors (Lipinski definition) is 5. The molecule has 3 aromatic rings. The van der Waals surface area contributed by atoms with Gasteiger partial charge in [0.15, 0.2) is 0 Å². The maximum absolute atomic E-state index is 13.1. The fourth-order valence-electron chi connectivity index (χ4n) is 4.22. The Morgan fingerprint density at radius 1 is 0.972 bits per heavy atom. The third-order valence-electron chi connectivity index (χ3n) is 6.14. The minimum atomic E-state index is -3.54. The standard InChI is InChI=1S/C27H29ClN2O5S/c1-20-3-2-4-25(15-20)36(33,34)30-13-11-29(12-14-30)18-23-16-22(17-27(31)32)7-10-26(23)35-19-21-5-8-24(28)9-6-21/h2-10,15-16H,11-14,17-19H2,1H3,(H,31,32). The van der Waals surface area contributed by atoms with Crippen LogP contribution in [0.3, 0.4) is 0 Å². The number of rotatable bonds is 9. The summed E-state index contributed by atoms with van der Waals surface area (Å²) in [7, 11) is -3.54. The first-order valence-corrected chi connectivity index (χ1v) is 13.5. The van der Waals surface area contributed by atoms with E-state index in [-0.39, 0.29) is 6.42 Å². The van der Waals surface area contributed by atoms with Gasteiger partial charge in [-0.3, -0.25) is 9.69 Å². The van der Waals surface area contributed by atoms with Gasteiger partial charge in [0.1, 0.15) is 12.4 Å². The van der Waals surface area contributed by atoms with Crippen LogP contribution < -0.4 is 4.74 Å². The first-order valence-electron chi connectivity index (χ1n) is 11.7. The van der Waals surface area contributed by atoms with Crippen molar-refractivity contribution >= 4 is 27.6 Å². The van der Waals surface area contributed by atoms with Gasteiger partial charge in [0.25, 0.3) is 0 Å². The third kappa shape index (κ3) is 6.64. The van der Waals surface area contributed by atoms with Crippen molar-refractivity contribution in [3.8, 4) is 5.75 Å². The Balaban J connectivity index is 1.45. The van der Waals surface area contributed by atoms with Crippen molar-refractivity contribution in [2.75, 3.05) is 26.2 Å². The van der Waals surface area contributed by atoms with E-state index in [0.29, 0.717) is 60.6 Å². The van der Waals surface area contributed by atoms with Crippen molar-refractivity contribution in [2.24, 2.45) is 0 Å². The highest BCUT2D eigenvalue weighted by molar-refractivity contribution is 7.89. The van der Waals surface area contributed by atoms with Gasteiger partial charge < -0.3 is 9.84 Å². The molecule has 36 heavy (non-hydrogen) atoms. The number of carboxylic acids is 1. The summed E-state index contributed by atoms with van der Waals surface area (Å²) in [4.78, 5) is 13.7. The van der Waals surface area contributed by atoms with Crippen LogP contribution in [0, 0.1) is 6.92 Å². The van der Waals surface area contributed by atoms with Crippen LogP contribution in [0.4, 0.5) is 0 Å². The van der Waals surface area contributed by atoms with Crippen molar-refractivity contribution in [2.45, 2.75) is 31.4 Å². The van der Waals surface area contributed by atoms with E-state index in [1.165, 1.54) is 4.31 Å². The van der Waals surface area contributed by atoms with Crippen LogP contribution in [0.2, 0.25) is 5.02 Å². The van der Waals surface area contributed by atoms with Gasteiger partial charge >= 0.3 is 5.97 Å². The van der Waals surface area contributed by atoms with Crippen molar-refractivity contribution in [1.82, 2.24) is 9.21 Å². The number of carbonyl (C=O) groups is 1. The van der Waals surface area contributed by atoms with Crippen molar-refractivity contribution < 1.29 is 23.1 Å². The molecule has 0 bridgehead atoms. The molecule has 9 heteroatoms. The lowest BCUT2D eigenvalue weighted by atomic mass is 10.1. The Morgan fingerprint density at radius 3 is 2.33 bits per heavy atom. The topological polar surface area (TPSA) is 87.2 Å². The maximum atomic E-state index is 13.1. The van der Waals surface area contributed by atoms with E-state index in [1.807, 2.05) is 37.3 Å². The zero-order valence-corrected chi connectivity index (χ0v) is 21.6. The zero-order chi connectivity index (χ0) is 25.7. The predicted octanol–water partition coefficient (Wildman–Crippen LogP) is 4.36. The molecule has 0 radical (unpaired) electrons. The molecule has 1 aliphatic heterocycles. The Hall–Kier alpha value is -2.91. The Kier molecular flexibility index (Phi) is 8.31. The number of nitrogens with zero attached hydrogens (tertiary/aromatic N) is 2. The van der Waals surface area contributed by atoms with Crippen LogP contribution >= 0.6 is 11.6 Å². The Morgan fingerprint density at radius 2 is 1.67 bits per heavy atom. The van der Waals surface area contributed by atoms with E-state index in [2.05, 4.69) is 4.90 Å². The lowest BCUT2D eigenvalue weighted by Crippen LogP contribution is -2.48. The van der Waals surface area contributed by atoms with Gasteiger partial charge in [-0.15, -0.1) is 0 Å². The molecular weight excluding hydrogens is 500 g/mol. The summed E-state index contributed by atoms with van der Waals surface area (Å²) < 4.78 is 33.8. The molecular formula is C27H29ClN2O5S. The Bertz CT molecular complexity index is 1320. The molecule has 7 nitrogen and oxygen atoms in total. The molecule has 0 spiro atoms. The molecule has 0 amide bonds. The maximum Gasteiger partial charge on any atom is 0.307 e. The lowest BCUT2D eigenvalue weighted by Gasteiger charge is -2.34. The molecule has 0 aromatic heterocycles. The highest BCUT2D eigenvalue weighted by Crippen LogP contribution is 2.26. The molecule has 3 aromatic carbocycles. The number of ether oxygens (including phenoxy) is 1. The molecule has 1 fully saturated rings. The smallest absolute Gasteiger partial charge is 0.307 e. The largest absolute Gasteiger partial charge is 0.489 e. The van der Waals surface area contributed by atoms with E-state index in [9.17, 15) is 18.3 Å². The minimum Gasteiger partial charge on any atom is -0.489 e. The van der Waals surface area contributed by atoms with Crippen LogP contribution in [-0.2, 0) is 34.4 Å². The zero-order valence-electron chi connectivity index (χ0n) is 20.1. The van der Waals surface area contributed by atoms with Crippen molar-refractivity contribution in [3.63, 3.8) is 0 Å². The highest BCUT2D eigenvalue weighted by atomic mass is 35.5. The Labute approximate surface area is 216 Å². The van der Waals surface area contributed by atoms with E-state index < -0.39 is 16.0 Å². The van der Waals surface area contributed by atoms with Gasteiger partial charge in [0, 0.05) is 43.3 Å². The van der Waals surface area contributed by atoms with E-state index in [0.717, 1.165) is 16.7 Å². The number of sulfonamides is 1. The van der Waals surface area contributed by atoms with Crippen LogP contribution in [0.15, 0.2) is 71.6 Å². The van der Waals surface area contributed by atoms with Crippen LogP contribution in [0.5, 0.6) is 5.75 Å². The second-order valence-corrected chi connectivity index (χ2v) is 11.3. The average molecular weight is 529 g/mol. The molecule has 190 valence electrons. The number of hydrogen-bond donors (Lipinski definition) is 1. The molecule has 0 unspecified atom stereocenters. The quantitative estimate of drug-likeness (QED) is 0.444. The molecule has 1 aliphatic rings. The average Bonchev–Trinajstić information content (AvgIpc) is 2.84. The summed E-state index contributed by atoms with van der Waals surface area (Å²) in [5.41, 5.74) is 3.44. The lowest BCUT2D eigenvalue weighted by molar-refractivity contribution is -0.136. The summed E-state index contributed by atoms with van der Waals surface area (Å²) >= 11 is 5.97. The molecule has 0 aliphatic carbocycles. The minimum absolute atomic E-state index is 0.0764. The molecule has 0 saturated carbocycles. The summed E-state index contributed by atoms with van der Waals surface area (Å²) in [6.07, 6.45) is -0.0764. The van der Waals surface area contributed by atoms with E-state index in [1.54, 1.807) is 36.4 Å². The summed E-state index contributed by atoms with van der Waals surface area (Å²) in [5.74, 6) is -0.223. The van der Waals surface area contributed by atoms with E-state index >= 15 is 0 Å². The van der Waals surface area contributed by atoms with Gasteiger partial charge in [0.2, 0.25) is 10.0 Å². The number of halogens is 1. The fraction of sp³-hybridized carbons (Fsp3) is 0.296. The van der Waals surface area contributed by atoms with Gasteiger partial charge in [-0.2, -0.15) is 4.31 Å². The number of benzene rings is 3. The van der Waals surface area contributed by atoms with Crippen LogP contribution in [0.1, 0.15) is 22.3 Å². The highest BCUT2D eigenvalue weighted by Gasteiger charge is 2.29. The third-order valence-corrected chi connectivity index (χ3v) is 8.29. The molecule has 0 atom stereocenters. The number of piperazine rings is 1. The number of aliphatic carboxylic acids is 1. The van der Waals surface area contributed by atoms with E-state index in [4.69, 9.17) is 16.3 Å². The van der Waals surface area contributed by atoms with Gasteiger partial charge in [-0.1, -0.05) is 48.0 Å². The molecule has 1 saturated heterocycles. The van der Waals surface area contributed by atoms with Crippen LogP contribution in [0.25, 0.3) is 0 Å². The van der Waals surface area contributed by atoms with Crippen molar-refractivity contribution in [1.29, 1.82) is 0 Å². The van der Waals surface area contributed by atoms with Gasteiger partial charge in [0.05, 0.1) is 11.3 Å². The molecule has 4 rings (SSSR count). The van der Waals surface area contributed by atoms with Crippen molar-refractivity contribution in [3.05, 3.63) is 94.0 Å². The summed E-state index contributed by atoms with van der Waals surface area (Å²) in [6.45, 7) is 4.64. The number of aryl methyl sites for hydroxylation is 1. The predicted molar refractivity (Wildman–Crippen MR) is 139 cm³/mol. The van der Waals surface area contributed by atoms with Gasteiger partial charge in [-0.05, 0) is 53.9 Å². The normalized spacial score (nSPS) is 15.1.